The first-order valence-corrected chi connectivity index (χ1v) is 5.84. The molecule has 1 amide bonds. The van der Waals surface area contributed by atoms with E-state index in [0.717, 1.165) is 11.4 Å². The second kappa shape index (κ2) is 4.85. The molecule has 0 unspecified atom stereocenters. The Morgan fingerprint density at radius 1 is 1.44 bits per heavy atom. The lowest BCUT2D eigenvalue weighted by Gasteiger charge is -1.96. The van der Waals surface area contributed by atoms with Crippen molar-refractivity contribution in [1.82, 2.24) is 9.97 Å². The molecule has 1 N–H and O–H groups in total. The number of carbonyl (C=O) groups is 1. The van der Waals surface area contributed by atoms with Gasteiger partial charge in [-0.15, -0.1) is 11.3 Å². The normalized spacial score (nSPS) is 10.1. The quantitative estimate of drug-likeness (QED) is 0.886. The fourth-order valence-corrected chi connectivity index (χ4v) is 1.89. The lowest BCUT2D eigenvalue weighted by Crippen LogP contribution is -2.08. The summed E-state index contributed by atoms with van der Waals surface area (Å²) in [6.07, 6.45) is 2.18. The zero-order chi connectivity index (χ0) is 11.4. The highest BCUT2D eigenvalue weighted by Crippen LogP contribution is 2.22. The fraction of sp³-hybridized carbons (Fsp3) is 0.182. The maximum Gasteiger partial charge on any atom is 0.225 e. The van der Waals surface area contributed by atoms with Gasteiger partial charge in [-0.3, -0.25) is 9.78 Å². The first kappa shape index (κ1) is 10.8. The zero-order valence-electron chi connectivity index (χ0n) is 8.80. The van der Waals surface area contributed by atoms with Gasteiger partial charge in [0, 0.05) is 18.0 Å². The van der Waals surface area contributed by atoms with Gasteiger partial charge in [-0.1, -0.05) is 13.0 Å². The molecule has 0 aromatic carbocycles. The van der Waals surface area contributed by atoms with Crippen LogP contribution in [0.5, 0.6) is 0 Å². The lowest BCUT2D eigenvalue weighted by molar-refractivity contribution is -0.115. The van der Waals surface area contributed by atoms with Crippen molar-refractivity contribution < 1.29 is 4.79 Å². The largest absolute Gasteiger partial charge is 0.302 e. The monoisotopic (exact) mass is 233 g/mol. The van der Waals surface area contributed by atoms with Gasteiger partial charge in [-0.25, -0.2) is 4.98 Å². The molecule has 2 aromatic heterocycles. The van der Waals surface area contributed by atoms with Crippen molar-refractivity contribution in [3.8, 4) is 11.4 Å². The van der Waals surface area contributed by atoms with Crippen LogP contribution in [0.1, 0.15) is 13.3 Å². The van der Waals surface area contributed by atoms with Crippen LogP contribution in [0, 0.1) is 0 Å². The summed E-state index contributed by atoms with van der Waals surface area (Å²) in [6.45, 7) is 1.81. The number of nitrogens with zero attached hydrogens (tertiary/aromatic N) is 2. The van der Waals surface area contributed by atoms with E-state index in [0.29, 0.717) is 11.6 Å². The highest BCUT2D eigenvalue weighted by molar-refractivity contribution is 7.14. The van der Waals surface area contributed by atoms with E-state index in [4.69, 9.17) is 0 Å². The van der Waals surface area contributed by atoms with Gasteiger partial charge >= 0.3 is 0 Å². The van der Waals surface area contributed by atoms with Gasteiger partial charge in [0.05, 0.1) is 5.69 Å². The van der Waals surface area contributed by atoms with Gasteiger partial charge in [0.1, 0.15) is 5.69 Å². The number of rotatable bonds is 3. The lowest BCUT2D eigenvalue weighted by atomic mass is 10.3. The molecule has 5 heteroatoms. The molecule has 0 aliphatic rings. The highest BCUT2D eigenvalue weighted by Gasteiger charge is 2.06. The topological polar surface area (TPSA) is 54.9 Å². The molecule has 0 aliphatic carbocycles. The van der Waals surface area contributed by atoms with E-state index in [1.165, 1.54) is 11.3 Å². The zero-order valence-corrected chi connectivity index (χ0v) is 9.62. The number of aromatic nitrogens is 2. The Morgan fingerprint density at radius 2 is 2.31 bits per heavy atom. The van der Waals surface area contributed by atoms with Crippen molar-refractivity contribution in [2.45, 2.75) is 13.3 Å². The van der Waals surface area contributed by atoms with Crippen molar-refractivity contribution >= 4 is 22.4 Å². The van der Waals surface area contributed by atoms with Crippen LogP contribution < -0.4 is 5.32 Å². The van der Waals surface area contributed by atoms with Crippen LogP contribution >= 0.6 is 11.3 Å². The molecule has 0 saturated heterocycles. The Labute approximate surface area is 97.4 Å². The minimum absolute atomic E-state index is 0.0260. The maximum atomic E-state index is 11.2. The Kier molecular flexibility index (Phi) is 3.26. The third kappa shape index (κ3) is 2.43. The Morgan fingerprint density at radius 3 is 3.00 bits per heavy atom. The van der Waals surface area contributed by atoms with Gasteiger partial charge in [0.2, 0.25) is 5.91 Å². The van der Waals surface area contributed by atoms with Crippen molar-refractivity contribution in [2.75, 3.05) is 5.32 Å². The van der Waals surface area contributed by atoms with Gasteiger partial charge < -0.3 is 5.32 Å². The van der Waals surface area contributed by atoms with Crippen molar-refractivity contribution in [3.63, 3.8) is 0 Å². The molecule has 0 bridgehead atoms. The number of nitrogens with one attached hydrogen (secondary N) is 1. The SMILES string of the molecule is CCC(=O)Nc1nc(-c2ccccn2)cs1. The second-order valence-corrected chi connectivity index (χ2v) is 4.01. The number of hydrogen-bond acceptors (Lipinski definition) is 4. The number of pyridine rings is 1. The van der Waals surface area contributed by atoms with Crippen molar-refractivity contribution in [3.05, 3.63) is 29.8 Å². The molecule has 0 saturated carbocycles. The third-order valence-corrected chi connectivity index (χ3v) is 2.76. The second-order valence-electron chi connectivity index (χ2n) is 3.15. The predicted octanol–water partition coefficient (Wildman–Crippen LogP) is 2.55. The Bertz CT molecular complexity index is 481. The summed E-state index contributed by atoms with van der Waals surface area (Å²) in [5.74, 6) is -0.0260. The van der Waals surface area contributed by atoms with Crippen LogP contribution in [-0.4, -0.2) is 15.9 Å². The first-order valence-electron chi connectivity index (χ1n) is 4.96. The van der Waals surface area contributed by atoms with Crippen LogP contribution in [0.25, 0.3) is 11.4 Å². The van der Waals surface area contributed by atoms with Crippen LogP contribution in [-0.2, 0) is 4.79 Å². The van der Waals surface area contributed by atoms with Crippen LogP contribution in [0.3, 0.4) is 0 Å². The number of amides is 1. The van der Waals surface area contributed by atoms with Crippen molar-refractivity contribution in [2.24, 2.45) is 0 Å². The van der Waals surface area contributed by atoms with E-state index >= 15 is 0 Å². The Balaban J connectivity index is 2.17. The molecule has 2 rings (SSSR count). The van der Waals surface area contributed by atoms with Crippen LogP contribution in [0.2, 0.25) is 0 Å². The summed E-state index contributed by atoms with van der Waals surface area (Å²) in [6, 6.07) is 5.65. The van der Waals surface area contributed by atoms with Gasteiger partial charge in [0.25, 0.3) is 0 Å². The average molecular weight is 233 g/mol. The predicted molar refractivity (Wildman–Crippen MR) is 64.3 cm³/mol. The van der Waals surface area contributed by atoms with E-state index in [1.54, 1.807) is 6.20 Å². The standard InChI is InChI=1S/C11H11N3OS/c1-2-10(15)14-11-13-9(7-16-11)8-5-3-4-6-12-8/h3-7H,2H2,1H3,(H,13,14,15). The van der Waals surface area contributed by atoms with E-state index < -0.39 is 0 Å². The molecule has 0 atom stereocenters. The molecule has 16 heavy (non-hydrogen) atoms. The molecular weight excluding hydrogens is 222 g/mol. The molecule has 2 heterocycles. The highest BCUT2D eigenvalue weighted by atomic mass is 32.1. The maximum absolute atomic E-state index is 11.2. The summed E-state index contributed by atoms with van der Waals surface area (Å²) in [7, 11) is 0. The van der Waals surface area contributed by atoms with Gasteiger partial charge in [-0.2, -0.15) is 0 Å². The van der Waals surface area contributed by atoms with E-state index in [-0.39, 0.29) is 5.91 Å². The third-order valence-electron chi connectivity index (χ3n) is 2.00. The number of anilines is 1. The molecule has 0 aliphatic heterocycles. The molecule has 0 spiro atoms. The molecule has 4 nitrogen and oxygen atoms in total. The van der Waals surface area contributed by atoms with E-state index in [9.17, 15) is 4.79 Å². The minimum Gasteiger partial charge on any atom is -0.302 e. The average Bonchev–Trinajstić information content (AvgIpc) is 2.78. The van der Waals surface area contributed by atoms with Gasteiger partial charge in [0.15, 0.2) is 5.13 Å². The summed E-state index contributed by atoms with van der Waals surface area (Å²) >= 11 is 1.41. The number of thiazole rings is 1. The summed E-state index contributed by atoms with van der Waals surface area (Å²) in [5.41, 5.74) is 1.60. The van der Waals surface area contributed by atoms with Crippen LogP contribution in [0.15, 0.2) is 29.8 Å². The van der Waals surface area contributed by atoms with Crippen LogP contribution in [0.4, 0.5) is 5.13 Å². The molecule has 82 valence electrons. The summed E-state index contributed by atoms with van der Waals surface area (Å²) in [5, 5.41) is 5.22. The van der Waals surface area contributed by atoms with Crippen molar-refractivity contribution in [1.29, 1.82) is 0 Å². The summed E-state index contributed by atoms with van der Waals surface area (Å²) < 4.78 is 0. The minimum atomic E-state index is -0.0260. The molecule has 0 radical (unpaired) electrons. The first-order chi connectivity index (χ1) is 7.79. The van der Waals surface area contributed by atoms with E-state index in [2.05, 4.69) is 15.3 Å². The molecule has 0 fully saturated rings. The smallest absolute Gasteiger partial charge is 0.225 e. The number of carbonyl (C=O) groups excluding carboxylic acids is 1. The molecular formula is C11H11N3OS. The Hall–Kier alpha value is -1.75. The number of hydrogen-bond donors (Lipinski definition) is 1. The summed E-state index contributed by atoms with van der Waals surface area (Å²) in [4.78, 5) is 19.7. The fourth-order valence-electron chi connectivity index (χ4n) is 1.17. The van der Waals surface area contributed by atoms with E-state index in [1.807, 2.05) is 30.5 Å². The van der Waals surface area contributed by atoms with Gasteiger partial charge in [-0.05, 0) is 12.1 Å². The molecule has 2 aromatic rings.